The largest absolute Gasteiger partial charge is 0.508 e. The molecule has 0 aromatic heterocycles. The second-order valence-electron chi connectivity index (χ2n) is 4.22. The summed E-state index contributed by atoms with van der Waals surface area (Å²) in [5.41, 5.74) is 0. The fraction of sp³-hybridized carbons (Fsp3) is 0.462. The van der Waals surface area contributed by atoms with Gasteiger partial charge in [0.05, 0.1) is 25.0 Å². The summed E-state index contributed by atoms with van der Waals surface area (Å²) in [6.07, 6.45) is -0.0573. The van der Waals surface area contributed by atoms with E-state index in [1.807, 2.05) is 0 Å². The number of aromatic hydroxyl groups is 1. The van der Waals surface area contributed by atoms with Crippen molar-refractivity contribution in [2.75, 3.05) is 33.9 Å². The number of esters is 1. The topological polar surface area (TPSA) is 93.1 Å². The molecule has 0 bridgehead atoms. The van der Waals surface area contributed by atoms with Gasteiger partial charge in [0.25, 0.3) is 0 Å². The molecule has 0 unspecified atom stereocenters. The molecule has 118 valence electrons. The Morgan fingerprint density at radius 2 is 2.00 bits per heavy atom. The van der Waals surface area contributed by atoms with Crippen molar-refractivity contribution in [3.63, 3.8) is 0 Å². The molecule has 1 aromatic rings. The number of carbonyl (C=O) groups is 1. The molecule has 0 saturated heterocycles. The lowest BCUT2D eigenvalue weighted by molar-refractivity contribution is -0.140. The van der Waals surface area contributed by atoms with Crippen molar-refractivity contribution in [1.29, 1.82) is 0 Å². The van der Waals surface area contributed by atoms with Gasteiger partial charge in [-0.25, -0.2) is 8.42 Å². The highest BCUT2D eigenvalue weighted by molar-refractivity contribution is 7.89. The van der Waals surface area contributed by atoms with E-state index >= 15 is 0 Å². The molecule has 1 rings (SSSR count). The van der Waals surface area contributed by atoms with Crippen LogP contribution in [0, 0.1) is 0 Å². The lowest BCUT2D eigenvalue weighted by Crippen LogP contribution is -2.35. The molecule has 0 saturated carbocycles. The van der Waals surface area contributed by atoms with Crippen LogP contribution in [0.3, 0.4) is 0 Å². The lowest BCUT2D eigenvalue weighted by Gasteiger charge is -2.21. The second kappa shape index (κ2) is 7.96. The third-order valence-corrected chi connectivity index (χ3v) is 4.69. The van der Waals surface area contributed by atoms with Crippen LogP contribution < -0.4 is 0 Å². The first-order valence-electron chi connectivity index (χ1n) is 6.26. The number of benzene rings is 1. The van der Waals surface area contributed by atoms with Gasteiger partial charge in [0, 0.05) is 20.2 Å². The maximum atomic E-state index is 12.5. The number of ether oxygens (including phenoxy) is 2. The molecule has 0 aliphatic heterocycles. The first kappa shape index (κ1) is 17.4. The summed E-state index contributed by atoms with van der Waals surface area (Å²) < 4.78 is 35.5. The molecular weight excluding hydrogens is 298 g/mol. The van der Waals surface area contributed by atoms with E-state index in [1.54, 1.807) is 0 Å². The summed E-state index contributed by atoms with van der Waals surface area (Å²) in [6.45, 7) is 0.277. The smallest absolute Gasteiger partial charge is 0.306 e. The molecule has 0 aliphatic carbocycles. The molecule has 0 atom stereocenters. The van der Waals surface area contributed by atoms with Gasteiger partial charge in [-0.3, -0.25) is 4.79 Å². The average Bonchev–Trinajstić information content (AvgIpc) is 2.46. The fourth-order valence-electron chi connectivity index (χ4n) is 1.66. The summed E-state index contributed by atoms with van der Waals surface area (Å²) in [5.74, 6) is -0.640. The molecule has 0 radical (unpaired) electrons. The Morgan fingerprint density at radius 1 is 1.29 bits per heavy atom. The van der Waals surface area contributed by atoms with Crippen molar-refractivity contribution in [3.8, 4) is 5.75 Å². The van der Waals surface area contributed by atoms with Gasteiger partial charge < -0.3 is 14.6 Å². The second-order valence-corrected chi connectivity index (χ2v) is 6.16. The van der Waals surface area contributed by atoms with Crippen LogP contribution in [0.5, 0.6) is 5.75 Å². The van der Waals surface area contributed by atoms with Crippen molar-refractivity contribution < 1.29 is 27.8 Å². The minimum atomic E-state index is -3.81. The summed E-state index contributed by atoms with van der Waals surface area (Å²) in [7, 11) is -1.11. The molecule has 0 spiro atoms. The predicted octanol–water partition coefficient (Wildman–Crippen LogP) is 0.592. The Labute approximate surface area is 124 Å². The number of hydrogen-bond donors (Lipinski definition) is 1. The van der Waals surface area contributed by atoms with Crippen LogP contribution in [0.25, 0.3) is 0 Å². The van der Waals surface area contributed by atoms with E-state index in [0.717, 1.165) is 10.4 Å². The summed E-state index contributed by atoms with van der Waals surface area (Å²) in [5, 5.41) is 9.41. The van der Waals surface area contributed by atoms with E-state index in [0.29, 0.717) is 0 Å². The molecule has 1 N–H and O–H groups in total. The maximum absolute atomic E-state index is 12.5. The van der Waals surface area contributed by atoms with Gasteiger partial charge in [-0.2, -0.15) is 4.31 Å². The molecule has 0 aliphatic rings. The van der Waals surface area contributed by atoms with Gasteiger partial charge in [-0.05, 0) is 18.2 Å². The minimum Gasteiger partial charge on any atom is -0.508 e. The SMILES string of the molecule is COCCN(CCC(=O)OC)S(=O)(=O)c1cccc(O)c1. The molecule has 8 heteroatoms. The van der Waals surface area contributed by atoms with E-state index in [1.165, 1.54) is 32.4 Å². The number of hydrogen-bond acceptors (Lipinski definition) is 6. The zero-order chi connectivity index (χ0) is 15.9. The van der Waals surface area contributed by atoms with Gasteiger partial charge in [-0.15, -0.1) is 0 Å². The number of phenolic OH excluding ortho intramolecular Hbond substituents is 1. The van der Waals surface area contributed by atoms with Crippen LogP contribution in [-0.2, 0) is 24.3 Å². The zero-order valence-electron chi connectivity index (χ0n) is 12.0. The average molecular weight is 317 g/mol. The van der Waals surface area contributed by atoms with Gasteiger partial charge in [0.2, 0.25) is 10.0 Å². The van der Waals surface area contributed by atoms with Crippen LogP contribution in [0.2, 0.25) is 0 Å². The standard InChI is InChI=1S/C13H19NO6S/c1-19-9-8-14(7-6-13(16)20-2)21(17,18)12-5-3-4-11(15)10-12/h3-5,10,15H,6-9H2,1-2H3. The normalized spacial score (nSPS) is 11.6. The number of phenols is 1. The third-order valence-electron chi connectivity index (χ3n) is 2.79. The summed E-state index contributed by atoms with van der Waals surface area (Å²) >= 11 is 0. The highest BCUT2D eigenvalue weighted by Gasteiger charge is 2.25. The molecule has 0 heterocycles. The van der Waals surface area contributed by atoms with Gasteiger partial charge >= 0.3 is 5.97 Å². The fourth-order valence-corrected chi connectivity index (χ4v) is 3.12. The number of sulfonamides is 1. The number of methoxy groups -OCH3 is 2. The quantitative estimate of drug-likeness (QED) is 0.706. The Bertz CT molecular complexity index is 572. The van der Waals surface area contributed by atoms with E-state index in [9.17, 15) is 18.3 Å². The summed E-state index contributed by atoms with van der Waals surface area (Å²) in [6, 6.07) is 5.37. The van der Waals surface area contributed by atoms with Crippen LogP contribution in [0.1, 0.15) is 6.42 Å². The number of nitrogens with zero attached hydrogens (tertiary/aromatic N) is 1. The van der Waals surface area contributed by atoms with Crippen molar-refractivity contribution in [2.45, 2.75) is 11.3 Å². The lowest BCUT2D eigenvalue weighted by atomic mass is 10.3. The molecule has 7 nitrogen and oxygen atoms in total. The van der Waals surface area contributed by atoms with Crippen molar-refractivity contribution in [1.82, 2.24) is 4.31 Å². The maximum Gasteiger partial charge on any atom is 0.306 e. The third kappa shape index (κ3) is 5.00. The van der Waals surface area contributed by atoms with Crippen LogP contribution in [0.15, 0.2) is 29.2 Å². The number of carbonyl (C=O) groups excluding carboxylic acids is 1. The van der Waals surface area contributed by atoms with Gasteiger partial charge in [0.1, 0.15) is 5.75 Å². The van der Waals surface area contributed by atoms with E-state index < -0.39 is 16.0 Å². The first-order valence-corrected chi connectivity index (χ1v) is 7.70. The Morgan fingerprint density at radius 3 is 2.57 bits per heavy atom. The van der Waals surface area contributed by atoms with Gasteiger partial charge in [0.15, 0.2) is 0 Å². The molecule has 21 heavy (non-hydrogen) atoms. The highest BCUT2D eigenvalue weighted by Crippen LogP contribution is 2.20. The highest BCUT2D eigenvalue weighted by atomic mass is 32.2. The monoisotopic (exact) mass is 317 g/mol. The molecule has 1 aromatic carbocycles. The summed E-state index contributed by atoms with van der Waals surface area (Å²) in [4.78, 5) is 11.2. The number of rotatable bonds is 8. The van der Waals surface area contributed by atoms with Crippen LogP contribution in [0.4, 0.5) is 0 Å². The van der Waals surface area contributed by atoms with Crippen molar-refractivity contribution in [2.24, 2.45) is 0 Å². The van der Waals surface area contributed by atoms with Gasteiger partial charge in [-0.1, -0.05) is 6.07 Å². The van der Waals surface area contributed by atoms with Crippen molar-refractivity contribution >= 4 is 16.0 Å². The Balaban J connectivity index is 2.96. The van der Waals surface area contributed by atoms with Crippen molar-refractivity contribution in [3.05, 3.63) is 24.3 Å². The van der Waals surface area contributed by atoms with Crippen LogP contribution in [-0.4, -0.2) is 57.7 Å². The van der Waals surface area contributed by atoms with E-state index in [-0.39, 0.29) is 36.8 Å². The van der Waals surface area contributed by atoms with E-state index in [4.69, 9.17) is 4.74 Å². The Kier molecular flexibility index (Phi) is 6.60. The van der Waals surface area contributed by atoms with Crippen LogP contribution >= 0.6 is 0 Å². The molecule has 0 amide bonds. The molecular formula is C13H19NO6S. The Hall–Kier alpha value is -1.64. The minimum absolute atomic E-state index is 0.0198. The molecule has 0 fully saturated rings. The zero-order valence-corrected chi connectivity index (χ0v) is 12.8. The van der Waals surface area contributed by atoms with E-state index in [2.05, 4.69) is 4.74 Å². The predicted molar refractivity (Wildman–Crippen MR) is 75.4 cm³/mol. The first-order chi connectivity index (χ1) is 9.91.